The number of carbonyl (C=O) groups is 2. The Kier molecular flexibility index (Phi) is 23.1. The number of hydrogen-bond donors (Lipinski definition) is 5. The standard InChI is InChI=1S/C73H85B2N5O8Si.CH4/c1-49(2)69(81)25-18-37-87-39-35-80(46-55-20-13-17-24-68(55)75(85)86)48-66-59-22-15-14-21-58(59)65(47-79(36-40-88-38-34-76-73(82)50(3)4)45-54-19-12-16-23-67(54)74(83)84)60-31-28-53(42-64(60)66)52-27-26-51(5)63(41-52)72-61-32-29-56(77(6)7)43-70(61)89(10,11)71-44-57(78(8)9)30-33-62(71)72;/h12-17,19-24,26-33,41-44,83-86H,1,3,18,25,34-40,45-48H2,2,4-11H3;1H4/p+1. The van der Waals surface area contributed by atoms with Gasteiger partial charge in [-0.3, -0.25) is 19.4 Å². The largest absolute Gasteiger partial charge is 0.488 e. The molecule has 0 fully saturated rings. The zero-order valence-corrected chi connectivity index (χ0v) is 54.3. The van der Waals surface area contributed by atoms with Crippen LogP contribution in [0, 0.1) is 6.92 Å². The van der Waals surface area contributed by atoms with E-state index in [4.69, 9.17) is 9.47 Å². The molecule has 7 aromatic rings. The van der Waals surface area contributed by atoms with E-state index in [1.54, 1.807) is 26.0 Å². The molecular formula is C74H90B2N5O8Si+. The van der Waals surface area contributed by atoms with E-state index in [-0.39, 0.29) is 19.1 Å². The van der Waals surface area contributed by atoms with Crippen LogP contribution in [0.3, 0.4) is 0 Å². The van der Waals surface area contributed by atoms with Gasteiger partial charge in [0.1, 0.15) is 22.2 Å². The summed E-state index contributed by atoms with van der Waals surface area (Å²) < 4.78 is 14.6. The third kappa shape index (κ3) is 15.7. The van der Waals surface area contributed by atoms with Crippen LogP contribution in [0.5, 0.6) is 0 Å². The maximum absolute atomic E-state index is 12.5. The molecule has 0 spiro atoms. The molecule has 7 aromatic carbocycles. The topological polar surface area (TPSA) is 158 Å². The molecule has 13 nitrogen and oxygen atoms in total. The average Bonchev–Trinajstić information content (AvgIpc) is 0.730. The molecule has 1 heterocycles. The van der Waals surface area contributed by atoms with Crippen molar-refractivity contribution in [2.75, 3.05) is 79.2 Å². The molecule has 0 radical (unpaired) electrons. The van der Waals surface area contributed by atoms with E-state index in [2.05, 4.69) is 183 Å². The van der Waals surface area contributed by atoms with E-state index >= 15 is 0 Å². The number of carbonyl (C=O) groups excluding carboxylic acids is 2. The molecule has 0 saturated heterocycles. The highest BCUT2D eigenvalue weighted by Crippen LogP contribution is 2.44. The maximum Gasteiger partial charge on any atom is 0.488 e. The van der Waals surface area contributed by atoms with Gasteiger partial charge in [-0.15, -0.1) is 0 Å². The molecule has 468 valence electrons. The highest BCUT2D eigenvalue weighted by Gasteiger charge is 2.41. The zero-order chi connectivity index (χ0) is 63.7. The Labute approximate surface area is 535 Å². The van der Waals surface area contributed by atoms with Crippen molar-refractivity contribution in [1.82, 2.24) is 15.1 Å². The van der Waals surface area contributed by atoms with Crippen molar-refractivity contribution in [3.8, 4) is 11.1 Å². The summed E-state index contributed by atoms with van der Waals surface area (Å²) >= 11 is 0. The molecule has 1 amide bonds. The number of hydrogen-bond acceptors (Lipinski definition) is 11. The monoisotopic (exact) mass is 1230 g/mol. The lowest BCUT2D eigenvalue weighted by atomic mass is 9.77. The van der Waals surface area contributed by atoms with Gasteiger partial charge in [0.15, 0.2) is 11.5 Å². The van der Waals surface area contributed by atoms with Gasteiger partial charge in [-0.25, -0.2) is 4.58 Å². The lowest BCUT2D eigenvalue weighted by Gasteiger charge is -2.38. The van der Waals surface area contributed by atoms with Gasteiger partial charge in [0, 0.05) is 96.3 Å². The number of rotatable bonds is 28. The van der Waals surface area contributed by atoms with E-state index < -0.39 is 22.3 Å². The molecular weight excluding hydrogens is 1140 g/mol. The number of benzene rings is 7. The summed E-state index contributed by atoms with van der Waals surface area (Å²) in [5.41, 5.74) is 16.1. The Balaban J connectivity index is 0.0000105. The van der Waals surface area contributed by atoms with Crippen molar-refractivity contribution in [2.45, 2.75) is 80.3 Å². The predicted molar refractivity (Wildman–Crippen MR) is 376 cm³/mol. The Bertz CT molecular complexity index is 3960. The number of fused-ring (bicyclic) bond motifs is 4. The van der Waals surface area contributed by atoms with Crippen LogP contribution in [0.1, 0.15) is 73.1 Å². The van der Waals surface area contributed by atoms with Crippen molar-refractivity contribution < 1.29 is 43.7 Å². The predicted octanol–water partition coefficient (Wildman–Crippen LogP) is 9.16. The van der Waals surface area contributed by atoms with Gasteiger partial charge in [0.05, 0.1) is 19.8 Å². The van der Waals surface area contributed by atoms with Crippen molar-refractivity contribution in [1.29, 1.82) is 0 Å². The molecule has 0 aromatic heterocycles. The third-order valence-electron chi connectivity index (χ3n) is 17.4. The number of nitrogens with one attached hydrogen (secondary N) is 1. The van der Waals surface area contributed by atoms with Gasteiger partial charge in [0.2, 0.25) is 5.91 Å². The second-order valence-corrected chi connectivity index (χ2v) is 29.0. The minimum Gasteiger partial charge on any atom is -0.423 e. The Morgan fingerprint density at radius 1 is 0.633 bits per heavy atom. The normalized spacial score (nSPS) is 13.3. The number of allylic oxidation sites excluding steroid dienone is 6. The zero-order valence-electron chi connectivity index (χ0n) is 53.3. The summed E-state index contributed by atoms with van der Waals surface area (Å²) in [5.74, 6) is -0.199. The van der Waals surface area contributed by atoms with Gasteiger partial charge in [-0.05, 0) is 167 Å². The Hall–Kier alpha value is -7.60. The molecule has 0 saturated carbocycles. The smallest absolute Gasteiger partial charge is 0.423 e. The minimum absolute atomic E-state index is 0. The molecule has 1 aliphatic carbocycles. The summed E-state index contributed by atoms with van der Waals surface area (Å²) in [7, 11) is 2.87. The molecule has 16 heteroatoms. The molecule has 1 aliphatic heterocycles. The molecule has 9 rings (SSSR count). The first-order valence-corrected chi connectivity index (χ1v) is 33.8. The number of Topliss-reactive ketones (excluding diaryl/α,β-unsaturated/α-hetero) is 1. The van der Waals surface area contributed by atoms with Crippen LogP contribution in [0.4, 0.5) is 5.69 Å². The van der Waals surface area contributed by atoms with Crippen molar-refractivity contribution in [3.05, 3.63) is 220 Å². The fourth-order valence-electron chi connectivity index (χ4n) is 12.4. The molecule has 5 N–H and O–H groups in total. The van der Waals surface area contributed by atoms with E-state index in [1.807, 2.05) is 36.4 Å². The van der Waals surface area contributed by atoms with Crippen LogP contribution in [0.25, 0.3) is 38.2 Å². The fraction of sp³-hybridized carbons (Fsp3) is 0.311. The van der Waals surface area contributed by atoms with Crippen LogP contribution < -0.4 is 26.3 Å². The minimum atomic E-state index is -2.23. The molecule has 0 atom stereocenters. The third-order valence-corrected chi connectivity index (χ3v) is 20.9. The highest BCUT2D eigenvalue weighted by molar-refractivity contribution is 6.98. The quantitative estimate of drug-likeness (QED) is 0.0105. The van der Waals surface area contributed by atoms with Gasteiger partial charge < -0.3 is 39.8 Å². The Morgan fingerprint density at radius 3 is 1.77 bits per heavy atom. The van der Waals surface area contributed by atoms with Crippen LogP contribution in [0.2, 0.25) is 13.1 Å². The number of anilines is 1. The maximum atomic E-state index is 12.5. The molecule has 0 bridgehead atoms. The van der Waals surface area contributed by atoms with Crippen LogP contribution >= 0.6 is 0 Å². The number of aryl methyl sites for hydroxylation is 1. The van der Waals surface area contributed by atoms with Gasteiger partial charge in [-0.2, -0.15) is 0 Å². The van der Waals surface area contributed by atoms with Gasteiger partial charge >= 0.3 is 14.2 Å². The van der Waals surface area contributed by atoms with Gasteiger partial charge in [-0.1, -0.05) is 137 Å². The first-order chi connectivity index (χ1) is 42.6. The molecule has 0 unspecified atom stereocenters. The van der Waals surface area contributed by atoms with Crippen molar-refractivity contribution in [3.63, 3.8) is 0 Å². The van der Waals surface area contributed by atoms with Crippen molar-refractivity contribution >= 4 is 88.6 Å². The van der Waals surface area contributed by atoms with Crippen molar-refractivity contribution in [2.24, 2.45) is 0 Å². The second-order valence-electron chi connectivity index (χ2n) is 24.7. The lowest BCUT2D eigenvalue weighted by Crippen LogP contribution is -2.49. The van der Waals surface area contributed by atoms with Gasteiger partial charge in [0.25, 0.3) is 0 Å². The summed E-state index contributed by atoms with van der Waals surface area (Å²) in [5, 5.41) is 52.5. The van der Waals surface area contributed by atoms with E-state index in [0.717, 1.165) is 54.9 Å². The SMILES string of the molecule is C.C=C(C)C(=O)CCCOCCN(Cc1ccccc1B(O)O)Cc1c2ccccc2c(CN(CCOCCNC(=O)C(=C)C)Cc2ccccc2B(O)O)c2ccc(-c3ccc(C)c(C4=C5C=CC(=[N+](C)C)C=C5[Si](C)(C)c5cc(N(C)C)ccc54)c3)cc12. The second kappa shape index (κ2) is 30.5. The summed E-state index contributed by atoms with van der Waals surface area (Å²) in [6.07, 6.45) is 7.94. The van der Waals surface area contributed by atoms with Crippen LogP contribution in [0.15, 0.2) is 181 Å². The molecule has 2 aliphatic rings. The highest BCUT2D eigenvalue weighted by atomic mass is 28.3. The summed E-state index contributed by atoms with van der Waals surface area (Å²) in [4.78, 5) is 31.5. The fourth-order valence-corrected chi connectivity index (χ4v) is 15.4. The van der Waals surface area contributed by atoms with E-state index in [1.165, 1.54) is 49.6 Å². The number of ether oxygens (including phenoxy) is 2. The molecule has 90 heavy (non-hydrogen) atoms. The first-order valence-electron chi connectivity index (χ1n) is 30.8. The van der Waals surface area contributed by atoms with Crippen LogP contribution in [-0.2, 0) is 45.2 Å². The average molecular weight is 1230 g/mol. The first kappa shape index (κ1) is 68.3. The number of ketones is 1. The lowest BCUT2D eigenvalue weighted by molar-refractivity contribution is -0.462. The summed E-state index contributed by atoms with van der Waals surface area (Å²) in [6, 6.07) is 44.0. The van der Waals surface area contributed by atoms with E-state index in [9.17, 15) is 29.7 Å². The number of nitrogens with zero attached hydrogens (tertiary/aromatic N) is 4. The number of amides is 1. The summed E-state index contributed by atoms with van der Waals surface area (Å²) in [6.45, 7) is 22.6. The van der Waals surface area contributed by atoms with Crippen LogP contribution in [-0.4, -0.2) is 148 Å². The van der Waals surface area contributed by atoms with E-state index in [0.29, 0.717) is 107 Å². The Morgan fingerprint density at radius 2 is 1.19 bits per heavy atom.